The summed E-state index contributed by atoms with van der Waals surface area (Å²) in [6.07, 6.45) is 0. The zero-order valence-corrected chi connectivity index (χ0v) is 12.7. The number of nitriles is 1. The molecule has 0 aliphatic carbocycles. The van der Waals surface area contributed by atoms with Gasteiger partial charge in [0.2, 0.25) is 0 Å². The number of imide groups is 1. The predicted octanol–water partition coefficient (Wildman–Crippen LogP) is 1.48. The lowest BCUT2D eigenvalue weighted by Crippen LogP contribution is -2.24. The number of anilines is 1. The average Bonchev–Trinajstić information content (AvgIpc) is 2.77. The summed E-state index contributed by atoms with van der Waals surface area (Å²) >= 11 is 11.8. The van der Waals surface area contributed by atoms with E-state index in [0.717, 1.165) is 10.6 Å². The van der Waals surface area contributed by atoms with E-state index in [1.54, 1.807) is 0 Å². The first-order chi connectivity index (χ1) is 10.8. The van der Waals surface area contributed by atoms with Gasteiger partial charge in [-0.3, -0.25) is 24.3 Å². The number of carbonyl (C=O) groups excluding carboxylic acids is 2. The van der Waals surface area contributed by atoms with Gasteiger partial charge in [0.05, 0.1) is 32.4 Å². The molecular formula is C14H6Cl2N4O3. The number of halogens is 2. The first-order valence-corrected chi connectivity index (χ1v) is 6.91. The van der Waals surface area contributed by atoms with Gasteiger partial charge >= 0.3 is 0 Å². The molecule has 0 radical (unpaired) electrons. The van der Waals surface area contributed by atoms with Crippen LogP contribution in [0.4, 0.5) is 5.82 Å². The molecule has 1 aliphatic heterocycles. The van der Waals surface area contributed by atoms with Crippen molar-refractivity contribution in [3.05, 3.63) is 55.3 Å². The van der Waals surface area contributed by atoms with E-state index in [9.17, 15) is 19.6 Å². The Hall–Kier alpha value is -2.82. The smallest absolute Gasteiger partial charge is 0.262 e. The number of rotatable bonds is 1. The number of nitrogens with zero attached hydrogens (tertiary/aromatic N) is 2. The summed E-state index contributed by atoms with van der Waals surface area (Å²) in [5.41, 5.74) is 5.10. The van der Waals surface area contributed by atoms with Gasteiger partial charge in [0.15, 0.2) is 0 Å². The molecule has 2 heterocycles. The summed E-state index contributed by atoms with van der Waals surface area (Å²) in [4.78, 5) is 35.8. The highest BCUT2D eigenvalue weighted by atomic mass is 35.5. The number of fused-ring (bicyclic) bond motifs is 1. The largest absolute Gasteiger partial charge is 0.384 e. The van der Waals surface area contributed by atoms with Crippen LogP contribution in [0, 0.1) is 11.3 Å². The molecular weight excluding hydrogens is 343 g/mol. The Kier molecular flexibility index (Phi) is 3.36. The fourth-order valence-corrected chi connectivity index (χ4v) is 2.66. The summed E-state index contributed by atoms with van der Waals surface area (Å²) < 4.78 is 0.942. The molecule has 1 aromatic heterocycles. The van der Waals surface area contributed by atoms with Crippen molar-refractivity contribution in [2.24, 2.45) is 0 Å². The van der Waals surface area contributed by atoms with Crippen molar-refractivity contribution in [2.75, 3.05) is 5.73 Å². The van der Waals surface area contributed by atoms with E-state index < -0.39 is 17.4 Å². The Morgan fingerprint density at radius 2 is 1.74 bits per heavy atom. The number of pyridine rings is 1. The van der Waals surface area contributed by atoms with Crippen LogP contribution in [0.3, 0.4) is 0 Å². The number of benzene rings is 1. The van der Waals surface area contributed by atoms with Crippen molar-refractivity contribution < 1.29 is 9.59 Å². The van der Waals surface area contributed by atoms with Crippen LogP contribution in [0.5, 0.6) is 0 Å². The lowest BCUT2D eigenvalue weighted by molar-refractivity contribution is 0.0880. The summed E-state index contributed by atoms with van der Waals surface area (Å²) in [7, 11) is 0. The third-order valence-electron chi connectivity index (χ3n) is 3.35. The van der Waals surface area contributed by atoms with E-state index in [1.165, 1.54) is 12.1 Å². The maximum Gasteiger partial charge on any atom is 0.262 e. The molecule has 114 valence electrons. The zero-order valence-electron chi connectivity index (χ0n) is 11.2. The zero-order chi connectivity index (χ0) is 16.9. The Balaban J connectivity index is 2.41. The molecule has 7 nitrogen and oxygen atoms in total. The van der Waals surface area contributed by atoms with E-state index in [0.29, 0.717) is 0 Å². The minimum Gasteiger partial charge on any atom is -0.384 e. The number of aromatic nitrogens is 1. The summed E-state index contributed by atoms with van der Waals surface area (Å²) in [5, 5.41) is 11.5. The van der Waals surface area contributed by atoms with Crippen LogP contribution in [0.2, 0.25) is 10.0 Å². The highest BCUT2D eigenvalue weighted by molar-refractivity contribution is 6.42. The van der Waals surface area contributed by atoms with Gasteiger partial charge in [0.25, 0.3) is 17.4 Å². The van der Waals surface area contributed by atoms with Gasteiger partial charge in [0.1, 0.15) is 11.9 Å². The van der Waals surface area contributed by atoms with Crippen molar-refractivity contribution in [2.45, 2.75) is 0 Å². The molecule has 2 aromatic rings. The molecule has 0 unspecified atom stereocenters. The monoisotopic (exact) mass is 348 g/mol. The lowest BCUT2D eigenvalue weighted by Gasteiger charge is -2.14. The van der Waals surface area contributed by atoms with Gasteiger partial charge < -0.3 is 5.73 Å². The Morgan fingerprint density at radius 1 is 1.09 bits per heavy atom. The van der Waals surface area contributed by atoms with Gasteiger partial charge in [-0.15, -0.1) is 0 Å². The molecule has 3 rings (SSSR count). The van der Waals surface area contributed by atoms with Gasteiger partial charge in [-0.25, -0.2) is 0 Å². The number of hydrogen-bond acceptors (Lipinski definition) is 5. The van der Waals surface area contributed by atoms with Gasteiger partial charge in [0, 0.05) is 6.07 Å². The van der Waals surface area contributed by atoms with E-state index in [4.69, 9.17) is 28.9 Å². The molecule has 0 spiro atoms. The van der Waals surface area contributed by atoms with Gasteiger partial charge in [-0.2, -0.15) is 5.26 Å². The Bertz CT molecular complexity index is 1000. The van der Waals surface area contributed by atoms with Crippen LogP contribution in [-0.2, 0) is 0 Å². The van der Waals surface area contributed by atoms with Crippen LogP contribution >= 0.6 is 23.2 Å². The van der Waals surface area contributed by atoms with E-state index in [-0.39, 0.29) is 38.2 Å². The number of carbonyl (C=O) groups is 2. The second-order valence-corrected chi connectivity index (χ2v) is 5.48. The molecule has 9 heteroatoms. The number of nitrogen functional groups attached to an aromatic ring is 1. The fourth-order valence-electron chi connectivity index (χ4n) is 2.34. The predicted molar refractivity (Wildman–Crippen MR) is 83.0 cm³/mol. The van der Waals surface area contributed by atoms with Crippen molar-refractivity contribution in [3.8, 4) is 11.8 Å². The van der Waals surface area contributed by atoms with Crippen LogP contribution in [0.1, 0.15) is 26.3 Å². The number of amides is 2. The molecule has 1 aromatic carbocycles. The molecule has 0 fully saturated rings. The second kappa shape index (κ2) is 5.12. The molecule has 3 N–H and O–H groups in total. The normalized spacial score (nSPS) is 12.7. The third kappa shape index (κ3) is 2.16. The van der Waals surface area contributed by atoms with Gasteiger partial charge in [-0.1, -0.05) is 23.2 Å². The van der Waals surface area contributed by atoms with Crippen molar-refractivity contribution in [3.63, 3.8) is 0 Å². The van der Waals surface area contributed by atoms with Crippen molar-refractivity contribution in [1.82, 2.24) is 9.88 Å². The summed E-state index contributed by atoms with van der Waals surface area (Å²) in [6.45, 7) is 0. The number of hydrogen-bond donors (Lipinski definition) is 2. The van der Waals surface area contributed by atoms with E-state index in [2.05, 4.69) is 5.32 Å². The second-order valence-electron chi connectivity index (χ2n) is 4.67. The molecule has 0 saturated carbocycles. The molecule has 1 aliphatic rings. The Morgan fingerprint density at radius 3 is 2.39 bits per heavy atom. The topological polar surface area (TPSA) is 118 Å². The highest BCUT2D eigenvalue weighted by Crippen LogP contribution is 2.30. The van der Waals surface area contributed by atoms with Crippen LogP contribution in [0.15, 0.2) is 23.0 Å². The van der Waals surface area contributed by atoms with E-state index in [1.807, 2.05) is 6.07 Å². The average molecular weight is 349 g/mol. The standard InChI is InChI=1S/C14H6Cl2N4O3/c15-7-1-5(4-17)9(3-8(7)16)20-10(21)2-6-11(12(20)18)14(23)19-13(6)22/h1-3H,18H2,(H,19,22,23). The van der Waals surface area contributed by atoms with Crippen LogP contribution < -0.4 is 16.6 Å². The number of nitrogens with two attached hydrogens (primary N) is 1. The fraction of sp³-hybridized carbons (Fsp3) is 0. The number of nitrogens with one attached hydrogen (secondary N) is 1. The van der Waals surface area contributed by atoms with Gasteiger partial charge in [-0.05, 0) is 12.1 Å². The molecule has 0 bridgehead atoms. The molecule has 2 amide bonds. The van der Waals surface area contributed by atoms with Crippen LogP contribution in [-0.4, -0.2) is 16.4 Å². The first kappa shape index (κ1) is 15.1. The summed E-state index contributed by atoms with van der Waals surface area (Å²) in [6, 6.07) is 5.43. The van der Waals surface area contributed by atoms with Crippen LogP contribution in [0.25, 0.3) is 5.69 Å². The molecule has 0 saturated heterocycles. The van der Waals surface area contributed by atoms with Crippen molar-refractivity contribution >= 4 is 40.8 Å². The molecule has 23 heavy (non-hydrogen) atoms. The maximum atomic E-state index is 12.3. The maximum absolute atomic E-state index is 12.3. The van der Waals surface area contributed by atoms with Crippen molar-refractivity contribution in [1.29, 1.82) is 5.26 Å². The minimum absolute atomic E-state index is 0.0397. The quantitative estimate of drug-likeness (QED) is 0.756. The molecule has 0 atom stereocenters. The Labute approximate surface area is 138 Å². The summed E-state index contributed by atoms with van der Waals surface area (Å²) in [5.74, 6) is -1.67. The SMILES string of the molecule is N#Cc1cc(Cl)c(Cl)cc1-n1c(N)c2c(cc1=O)C(=O)NC2=O. The minimum atomic E-state index is -0.713. The lowest BCUT2D eigenvalue weighted by atomic mass is 10.1. The van der Waals surface area contributed by atoms with E-state index >= 15 is 0 Å². The first-order valence-electron chi connectivity index (χ1n) is 6.16. The third-order valence-corrected chi connectivity index (χ3v) is 4.08. The highest BCUT2D eigenvalue weighted by Gasteiger charge is 2.32.